The van der Waals surface area contributed by atoms with E-state index in [2.05, 4.69) is 10.4 Å². The van der Waals surface area contributed by atoms with Gasteiger partial charge in [0.15, 0.2) is 5.78 Å². The first-order valence-electron chi connectivity index (χ1n) is 12.3. The van der Waals surface area contributed by atoms with Crippen molar-refractivity contribution in [2.45, 2.75) is 52.1 Å². The average Bonchev–Trinajstić information content (AvgIpc) is 3.29. The van der Waals surface area contributed by atoms with Crippen LogP contribution in [0.15, 0.2) is 54.7 Å². The van der Waals surface area contributed by atoms with Gasteiger partial charge in [-0.25, -0.2) is 13.9 Å². The van der Waals surface area contributed by atoms with Crippen molar-refractivity contribution in [1.82, 2.24) is 14.7 Å². The maximum absolute atomic E-state index is 13.6. The fourth-order valence-electron chi connectivity index (χ4n) is 4.39. The number of anilines is 1. The number of ketones is 1. The maximum atomic E-state index is 13.6. The van der Waals surface area contributed by atoms with Crippen molar-refractivity contribution < 1.29 is 23.5 Å². The molecule has 194 valence electrons. The SMILES string of the molecule is CC(=O)c1cccc(NC(=O)c2cnn(-c3ccc(F)cc3)c2C2CCN(C(=O)OC(C)(C)C)CC2)c1. The van der Waals surface area contributed by atoms with Crippen molar-refractivity contribution in [2.75, 3.05) is 18.4 Å². The van der Waals surface area contributed by atoms with Gasteiger partial charge in [0, 0.05) is 30.3 Å². The lowest BCUT2D eigenvalue weighted by atomic mass is 9.90. The first-order valence-corrected chi connectivity index (χ1v) is 12.3. The zero-order valence-electron chi connectivity index (χ0n) is 21.5. The van der Waals surface area contributed by atoms with Crippen LogP contribution in [0.4, 0.5) is 14.9 Å². The van der Waals surface area contributed by atoms with E-state index in [-0.39, 0.29) is 29.5 Å². The molecule has 9 heteroatoms. The third-order valence-electron chi connectivity index (χ3n) is 6.18. The quantitative estimate of drug-likeness (QED) is 0.456. The van der Waals surface area contributed by atoms with Gasteiger partial charge in [-0.2, -0.15) is 5.10 Å². The van der Waals surface area contributed by atoms with Crippen LogP contribution in [0, 0.1) is 5.82 Å². The van der Waals surface area contributed by atoms with E-state index in [1.165, 1.54) is 25.3 Å². The predicted molar refractivity (Wildman–Crippen MR) is 138 cm³/mol. The molecule has 2 amide bonds. The van der Waals surface area contributed by atoms with E-state index in [1.54, 1.807) is 46.0 Å². The number of carbonyl (C=O) groups excluding carboxylic acids is 3. The highest BCUT2D eigenvalue weighted by Crippen LogP contribution is 2.33. The number of hydrogen-bond donors (Lipinski definition) is 1. The summed E-state index contributed by atoms with van der Waals surface area (Å²) in [7, 11) is 0. The molecule has 2 heterocycles. The van der Waals surface area contributed by atoms with Crippen LogP contribution in [-0.4, -0.2) is 51.2 Å². The van der Waals surface area contributed by atoms with Gasteiger partial charge in [-0.1, -0.05) is 12.1 Å². The fourth-order valence-corrected chi connectivity index (χ4v) is 4.39. The van der Waals surface area contributed by atoms with Gasteiger partial charge in [0.25, 0.3) is 5.91 Å². The molecule has 3 aromatic rings. The minimum Gasteiger partial charge on any atom is -0.444 e. The average molecular weight is 507 g/mol. The van der Waals surface area contributed by atoms with Crippen molar-refractivity contribution in [3.8, 4) is 5.69 Å². The number of halogens is 1. The van der Waals surface area contributed by atoms with Gasteiger partial charge in [-0.15, -0.1) is 0 Å². The Bertz CT molecular complexity index is 1300. The summed E-state index contributed by atoms with van der Waals surface area (Å²) in [5, 5.41) is 7.35. The van der Waals surface area contributed by atoms with Gasteiger partial charge < -0.3 is 15.0 Å². The highest BCUT2D eigenvalue weighted by atomic mass is 19.1. The van der Waals surface area contributed by atoms with E-state index < -0.39 is 5.60 Å². The summed E-state index contributed by atoms with van der Waals surface area (Å²) in [5.41, 5.74) is 2.11. The third kappa shape index (κ3) is 6.22. The van der Waals surface area contributed by atoms with Gasteiger partial charge in [0.2, 0.25) is 0 Å². The largest absolute Gasteiger partial charge is 0.444 e. The van der Waals surface area contributed by atoms with Gasteiger partial charge in [-0.05, 0) is 76.9 Å². The molecule has 37 heavy (non-hydrogen) atoms. The molecule has 0 atom stereocenters. The van der Waals surface area contributed by atoms with E-state index in [0.29, 0.717) is 54.1 Å². The first-order chi connectivity index (χ1) is 17.5. The van der Waals surface area contributed by atoms with E-state index >= 15 is 0 Å². The Morgan fingerprint density at radius 3 is 2.35 bits per heavy atom. The Morgan fingerprint density at radius 1 is 1.05 bits per heavy atom. The molecular weight excluding hydrogens is 475 g/mol. The summed E-state index contributed by atoms with van der Waals surface area (Å²) in [4.78, 5) is 39.4. The molecule has 1 N–H and O–H groups in total. The van der Waals surface area contributed by atoms with Crippen LogP contribution < -0.4 is 5.32 Å². The molecule has 1 fully saturated rings. The minimum atomic E-state index is -0.583. The van der Waals surface area contributed by atoms with Crippen molar-refractivity contribution >= 4 is 23.5 Å². The van der Waals surface area contributed by atoms with Gasteiger partial charge in [-0.3, -0.25) is 9.59 Å². The third-order valence-corrected chi connectivity index (χ3v) is 6.18. The summed E-state index contributed by atoms with van der Waals surface area (Å²) in [6.45, 7) is 7.89. The van der Waals surface area contributed by atoms with Crippen LogP contribution in [0.2, 0.25) is 0 Å². The van der Waals surface area contributed by atoms with Crippen molar-refractivity contribution in [3.05, 3.63) is 77.4 Å². The number of piperidine rings is 1. The number of amides is 2. The van der Waals surface area contributed by atoms with Crippen LogP contribution in [0.1, 0.15) is 72.9 Å². The second kappa shape index (κ2) is 10.5. The Balaban J connectivity index is 1.62. The number of nitrogens with zero attached hydrogens (tertiary/aromatic N) is 3. The lowest BCUT2D eigenvalue weighted by Crippen LogP contribution is -2.41. The zero-order chi connectivity index (χ0) is 26.7. The fraction of sp³-hybridized carbons (Fsp3) is 0.357. The number of rotatable bonds is 5. The lowest BCUT2D eigenvalue weighted by Gasteiger charge is -2.34. The Labute approximate surface area is 215 Å². The van der Waals surface area contributed by atoms with Gasteiger partial charge in [0.05, 0.1) is 23.1 Å². The Morgan fingerprint density at radius 2 is 1.73 bits per heavy atom. The predicted octanol–water partition coefficient (Wildman–Crippen LogP) is 5.58. The van der Waals surface area contributed by atoms with Crippen LogP contribution in [0.25, 0.3) is 5.69 Å². The molecule has 0 bridgehead atoms. The van der Waals surface area contributed by atoms with Gasteiger partial charge >= 0.3 is 6.09 Å². The molecule has 1 saturated heterocycles. The number of nitrogens with one attached hydrogen (secondary N) is 1. The topological polar surface area (TPSA) is 93.5 Å². The normalized spacial score (nSPS) is 14.4. The van der Waals surface area contributed by atoms with E-state index in [4.69, 9.17) is 4.74 Å². The molecule has 0 aliphatic carbocycles. The van der Waals surface area contributed by atoms with E-state index in [1.807, 2.05) is 20.8 Å². The molecule has 0 radical (unpaired) electrons. The Kier molecular flexibility index (Phi) is 7.42. The summed E-state index contributed by atoms with van der Waals surface area (Å²) < 4.78 is 20.8. The van der Waals surface area contributed by atoms with Crippen LogP contribution in [0.3, 0.4) is 0 Å². The number of carbonyl (C=O) groups is 3. The highest BCUT2D eigenvalue weighted by molar-refractivity contribution is 6.06. The molecule has 8 nitrogen and oxygen atoms in total. The summed E-state index contributed by atoms with van der Waals surface area (Å²) in [5.74, 6) is -0.904. The number of aromatic nitrogens is 2. The number of ether oxygens (including phenoxy) is 1. The van der Waals surface area contributed by atoms with E-state index in [9.17, 15) is 18.8 Å². The van der Waals surface area contributed by atoms with Crippen LogP contribution in [0.5, 0.6) is 0 Å². The monoisotopic (exact) mass is 506 g/mol. The summed E-state index contributed by atoms with van der Waals surface area (Å²) in [6, 6.07) is 12.7. The molecule has 2 aromatic carbocycles. The second-order valence-corrected chi connectivity index (χ2v) is 10.2. The molecule has 4 rings (SSSR count). The molecule has 0 unspecified atom stereocenters. The van der Waals surface area contributed by atoms with Crippen LogP contribution in [-0.2, 0) is 4.74 Å². The molecule has 1 aliphatic heterocycles. The smallest absolute Gasteiger partial charge is 0.410 e. The highest BCUT2D eigenvalue weighted by Gasteiger charge is 2.32. The summed E-state index contributed by atoms with van der Waals surface area (Å²) >= 11 is 0. The summed E-state index contributed by atoms with van der Waals surface area (Å²) in [6.07, 6.45) is 2.35. The van der Waals surface area contributed by atoms with Crippen molar-refractivity contribution in [3.63, 3.8) is 0 Å². The number of likely N-dealkylation sites (tertiary alicyclic amines) is 1. The minimum absolute atomic E-state index is 0.0736. The molecular formula is C28H31FN4O4. The van der Waals surface area contributed by atoms with Gasteiger partial charge in [0.1, 0.15) is 11.4 Å². The van der Waals surface area contributed by atoms with Crippen molar-refractivity contribution in [2.24, 2.45) is 0 Å². The van der Waals surface area contributed by atoms with Crippen LogP contribution >= 0.6 is 0 Å². The van der Waals surface area contributed by atoms with E-state index in [0.717, 1.165) is 0 Å². The molecule has 1 aliphatic rings. The molecule has 1 aromatic heterocycles. The second-order valence-electron chi connectivity index (χ2n) is 10.2. The standard InChI is InChI=1S/C28H31FN4O4/c1-18(34)20-6-5-7-22(16-20)31-26(35)24-17-30-33(23-10-8-21(29)9-11-23)25(24)19-12-14-32(15-13-19)27(36)37-28(2,3)4/h5-11,16-17,19H,12-15H2,1-4H3,(H,31,35). The van der Waals surface area contributed by atoms with Crippen molar-refractivity contribution in [1.29, 1.82) is 0 Å². The first kappa shape index (κ1) is 26.1. The maximum Gasteiger partial charge on any atom is 0.410 e. The zero-order valence-corrected chi connectivity index (χ0v) is 21.5. The number of hydrogen-bond acceptors (Lipinski definition) is 5. The molecule has 0 spiro atoms. The number of Topliss-reactive ketones (excluding diaryl/α,β-unsaturated/α-hetero) is 1. The lowest BCUT2D eigenvalue weighted by molar-refractivity contribution is 0.0203. The Hall–Kier alpha value is -4.01. The molecule has 0 saturated carbocycles. The number of benzene rings is 2.